The zero-order valence-corrected chi connectivity index (χ0v) is 13.1. The van der Waals surface area contributed by atoms with Gasteiger partial charge in [0, 0.05) is 11.3 Å². The fourth-order valence-corrected chi connectivity index (χ4v) is 3.64. The molecule has 2 aromatic rings. The number of hydrogen-bond acceptors (Lipinski definition) is 3. The molecule has 0 aliphatic heterocycles. The summed E-state index contributed by atoms with van der Waals surface area (Å²) in [5, 5.41) is 0. The Kier molecular flexibility index (Phi) is 3.80. The Labute approximate surface area is 118 Å². The molecule has 2 nitrogen and oxygen atoms in total. The molecule has 0 saturated carbocycles. The van der Waals surface area contributed by atoms with Gasteiger partial charge < -0.3 is 4.98 Å². The lowest BCUT2D eigenvalue weighted by atomic mass is 10.0. The van der Waals surface area contributed by atoms with E-state index in [2.05, 4.69) is 46.7 Å². The van der Waals surface area contributed by atoms with Gasteiger partial charge in [-0.1, -0.05) is 26.1 Å². The minimum Gasteiger partial charge on any atom is -0.342 e. The Hall–Kier alpha value is -0.520. The topological polar surface area (TPSA) is 28.7 Å². The van der Waals surface area contributed by atoms with Crippen LogP contribution in [0.4, 0.5) is 0 Å². The molecule has 0 saturated heterocycles. The predicted octanol–water partition coefficient (Wildman–Crippen LogP) is 5.06. The second-order valence-electron chi connectivity index (χ2n) is 4.19. The molecule has 0 aliphatic rings. The fraction of sp³-hybridized carbons (Fsp3) is 0.333. The SMILES string of the molecule is Cc1[nH]c(-c2ccc(Br)s2)nc(=S)c1C(C)C. The van der Waals surface area contributed by atoms with Crippen LogP contribution in [0, 0.1) is 11.6 Å². The zero-order valence-electron chi connectivity index (χ0n) is 9.87. The Morgan fingerprint density at radius 3 is 2.59 bits per heavy atom. The van der Waals surface area contributed by atoms with Crippen LogP contribution < -0.4 is 0 Å². The molecule has 0 atom stereocenters. The van der Waals surface area contributed by atoms with Gasteiger partial charge in [0.05, 0.1) is 8.66 Å². The molecule has 0 fully saturated rings. The molecule has 2 heterocycles. The molecule has 90 valence electrons. The van der Waals surface area contributed by atoms with E-state index < -0.39 is 0 Å². The first-order valence-electron chi connectivity index (χ1n) is 5.35. The van der Waals surface area contributed by atoms with Gasteiger partial charge in [-0.2, -0.15) is 0 Å². The van der Waals surface area contributed by atoms with E-state index >= 15 is 0 Å². The summed E-state index contributed by atoms with van der Waals surface area (Å²) in [7, 11) is 0. The Balaban J connectivity index is 2.57. The van der Waals surface area contributed by atoms with Crippen molar-refractivity contribution in [1.82, 2.24) is 9.97 Å². The van der Waals surface area contributed by atoms with E-state index in [1.807, 2.05) is 12.1 Å². The summed E-state index contributed by atoms with van der Waals surface area (Å²) in [5.74, 6) is 1.25. The highest BCUT2D eigenvalue weighted by molar-refractivity contribution is 9.11. The first kappa shape index (κ1) is 12.9. The second-order valence-corrected chi connectivity index (χ2v) is 7.04. The molecule has 1 N–H and O–H groups in total. The van der Waals surface area contributed by atoms with E-state index in [9.17, 15) is 0 Å². The maximum atomic E-state index is 5.37. The molecule has 0 radical (unpaired) electrons. The Morgan fingerprint density at radius 2 is 2.12 bits per heavy atom. The second kappa shape index (κ2) is 5.00. The van der Waals surface area contributed by atoms with Gasteiger partial charge in [0.25, 0.3) is 0 Å². The van der Waals surface area contributed by atoms with Gasteiger partial charge in [-0.3, -0.25) is 0 Å². The largest absolute Gasteiger partial charge is 0.342 e. The number of aryl methyl sites for hydroxylation is 1. The molecular formula is C12H13BrN2S2. The van der Waals surface area contributed by atoms with E-state index in [1.165, 1.54) is 0 Å². The summed E-state index contributed by atoms with van der Waals surface area (Å²) in [5.41, 5.74) is 2.25. The lowest BCUT2D eigenvalue weighted by Crippen LogP contribution is -2.01. The normalized spacial score (nSPS) is 11.1. The molecule has 5 heteroatoms. The van der Waals surface area contributed by atoms with Crippen molar-refractivity contribution in [3.05, 3.63) is 31.8 Å². The highest BCUT2D eigenvalue weighted by Crippen LogP contribution is 2.30. The standard InChI is InChI=1S/C12H13BrN2S2/c1-6(2)10-7(3)14-11(15-12(10)16)8-4-5-9(13)17-8/h4-6H,1-3H3,(H,14,15,16). The van der Waals surface area contributed by atoms with Crippen LogP contribution in [0.2, 0.25) is 0 Å². The summed E-state index contributed by atoms with van der Waals surface area (Å²) in [6.45, 7) is 6.32. The van der Waals surface area contributed by atoms with Crippen LogP contribution >= 0.6 is 39.5 Å². The van der Waals surface area contributed by atoms with Gasteiger partial charge in [0.1, 0.15) is 10.5 Å². The summed E-state index contributed by atoms with van der Waals surface area (Å²) in [6.07, 6.45) is 0. The van der Waals surface area contributed by atoms with Gasteiger partial charge in [-0.25, -0.2) is 4.98 Å². The monoisotopic (exact) mass is 328 g/mol. The first-order chi connectivity index (χ1) is 7.99. The van der Waals surface area contributed by atoms with Gasteiger partial charge in [-0.05, 0) is 40.9 Å². The van der Waals surface area contributed by atoms with E-state index in [0.717, 1.165) is 25.7 Å². The number of hydrogen-bond donors (Lipinski definition) is 1. The van der Waals surface area contributed by atoms with Crippen LogP contribution in [-0.2, 0) is 0 Å². The quantitative estimate of drug-likeness (QED) is 0.780. The van der Waals surface area contributed by atoms with Crippen molar-refractivity contribution in [3.63, 3.8) is 0 Å². The van der Waals surface area contributed by atoms with Crippen LogP contribution in [0.1, 0.15) is 31.0 Å². The highest BCUT2D eigenvalue weighted by Gasteiger charge is 2.11. The van der Waals surface area contributed by atoms with Crippen molar-refractivity contribution in [1.29, 1.82) is 0 Å². The number of H-pyrrole nitrogens is 1. The minimum atomic E-state index is 0.398. The van der Waals surface area contributed by atoms with Crippen molar-refractivity contribution in [2.75, 3.05) is 0 Å². The summed E-state index contributed by atoms with van der Waals surface area (Å²) < 4.78 is 1.80. The molecule has 0 spiro atoms. The van der Waals surface area contributed by atoms with Crippen LogP contribution in [0.3, 0.4) is 0 Å². The molecule has 0 aromatic carbocycles. The molecule has 17 heavy (non-hydrogen) atoms. The number of aromatic amines is 1. The van der Waals surface area contributed by atoms with Crippen LogP contribution in [0.5, 0.6) is 0 Å². The summed E-state index contributed by atoms with van der Waals surface area (Å²) in [6, 6.07) is 4.06. The van der Waals surface area contributed by atoms with E-state index in [1.54, 1.807) is 11.3 Å². The fourth-order valence-electron chi connectivity index (χ4n) is 1.83. The van der Waals surface area contributed by atoms with Crippen molar-refractivity contribution in [2.24, 2.45) is 0 Å². The van der Waals surface area contributed by atoms with Crippen LogP contribution in [-0.4, -0.2) is 9.97 Å². The highest BCUT2D eigenvalue weighted by atomic mass is 79.9. The number of nitrogens with one attached hydrogen (secondary N) is 1. The Morgan fingerprint density at radius 1 is 1.41 bits per heavy atom. The smallest absolute Gasteiger partial charge is 0.149 e. The van der Waals surface area contributed by atoms with Gasteiger partial charge in [0.15, 0.2) is 0 Å². The molecular weight excluding hydrogens is 316 g/mol. The third kappa shape index (κ3) is 2.67. The molecule has 0 amide bonds. The van der Waals surface area contributed by atoms with E-state index in [0.29, 0.717) is 10.6 Å². The number of thiophene rings is 1. The number of nitrogens with zero attached hydrogens (tertiary/aromatic N) is 1. The van der Waals surface area contributed by atoms with Crippen LogP contribution in [0.15, 0.2) is 15.9 Å². The minimum absolute atomic E-state index is 0.398. The van der Waals surface area contributed by atoms with Crippen molar-refractivity contribution < 1.29 is 0 Å². The zero-order chi connectivity index (χ0) is 12.6. The van der Waals surface area contributed by atoms with Gasteiger partial charge in [0.2, 0.25) is 0 Å². The van der Waals surface area contributed by atoms with Crippen molar-refractivity contribution >= 4 is 39.5 Å². The van der Waals surface area contributed by atoms with Gasteiger partial charge in [-0.15, -0.1) is 11.3 Å². The van der Waals surface area contributed by atoms with Gasteiger partial charge >= 0.3 is 0 Å². The third-order valence-corrected chi connectivity index (χ3v) is 4.48. The molecule has 2 rings (SSSR count). The summed E-state index contributed by atoms with van der Waals surface area (Å²) in [4.78, 5) is 8.93. The maximum Gasteiger partial charge on any atom is 0.149 e. The summed E-state index contributed by atoms with van der Waals surface area (Å²) >= 11 is 10.5. The van der Waals surface area contributed by atoms with E-state index in [4.69, 9.17) is 12.2 Å². The van der Waals surface area contributed by atoms with Crippen molar-refractivity contribution in [3.8, 4) is 10.7 Å². The number of rotatable bonds is 2. The maximum absolute atomic E-state index is 5.37. The lowest BCUT2D eigenvalue weighted by molar-refractivity contribution is 0.825. The molecule has 0 unspecified atom stereocenters. The van der Waals surface area contributed by atoms with Crippen LogP contribution in [0.25, 0.3) is 10.7 Å². The van der Waals surface area contributed by atoms with E-state index in [-0.39, 0.29) is 0 Å². The first-order valence-corrected chi connectivity index (χ1v) is 7.37. The van der Waals surface area contributed by atoms with Crippen molar-refractivity contribution in [2.45, 2.75) is 26.7 Å². The lowest BCUT2D eigenvalue weighted by Gasteiger charge is -2.10. The molecule has 0 aliphatic carbocycles. The predicted molar refractivity (Wildman–Crippen MR) is 79.3 cm³/mol. The number of halogens is 1. The third-order valence-electron chi connectivity index (χ3n) is 2.54. The molecule has 0 bridgehead atoms. The Bertz CT molecular complexity index is 599. The average Bonchev–Trinajstić information content (AvgIpc) is 2.63. The average molecular weight is 329 g/mol. The molecule has 2 aromatic heterocycles. The number of aromatic nitrogens is 2.